The lowest BCUT2D eigenvalue weighted by Crippen LogP contribution is -2.09. The third kappa shape index (κ3) is 3.09. The van der Waals surface area contributed by atoms with Gasteiger partial charge in [0.1, 0.15) is 0 Å². The van der Waals surface area contributed by atoms with Crippen molar-refractivity contribution in [1.82, 2.24) is 0 Å². The molecule has 0 saturated heterocycles. The van der Waals surface area contributed by atoms with Gasteiger partial charge in [0.2, 0.25) is 0 Å². The lowest BCUT2D eigenvalue weighted by molar-refractivity contribution is 0.196. The molecule has 0 heterocycles. The minimum Gasteiger partial charge on any atom is -0.501 e. The second-order valence-electron chi connectivity index (χ2n) is 2.64. The predicted octanol–water partition coefficient (Wildman–Crippen LogP) is 2.25. The van der Waals surface area contributed by atoms with Crippen LogP contribution in [0.5, 0.6) is 0 Å². The largest absolute Gasteiger partial charge is 0.501 e. The van der Waals surface area contributed by atoms with Crippen LogP contribution < -0.4 is 0 Å². The van der Waals surface area contributed by atoms with Gasteiger partial charge in [-0.2, -0.15) is 0 Å². The Morgan fingerprint density at radius 3 is 2.50 bits per heavy atom. The minimum absolute atomic E-state index is 0.416. The molecule has 2 heteroatoms. The number of hydrogen-bond donors (Lipinski definition) is 1. The van der Waals surface area contributed by atoms with Crippen LogP contribution in [0.15, 0.2) is 23.5 Å². The summed E-state index contributed by atoms with van der Waals surface area (Å²) in [4.78, 5) is 0. The van der Waals surface area contributed by atoms with Crippen LogP contribution in [0.3, 0.4) is 0 Å². The molecule has 0 amide bonds. The summed E-state index contributed by atoms with van der Waals surface area (Å²) in [6.45, 7) is 5.72. The van der Waals surface area contributed by atoms with Crippen LogP contribution in [0, 0.1) is 0 Å². The van der Waals surface area contributed by atoms with Crippen LogP contribution in [0.1, 0.15) is 27.2 Å². The van der Waals surface area contributed by atoms with Crippen LogP contribution in [0.2, 0.25) is 0 Å². The zero-order valence-electron chi connectivity index (χ0n) is 8.29. The Morgan fingerprint density at radius 2 is 2.17 bits per heavy atom. The fraction of sp³-hybridized carbons (Fsp3) is 0.600. The number of aliphatic hydroxyl groups is 1. The number of aliphatic hydroxyl groups excluding tert-OH is 1. The predicted molar refractivity (Wildman–Crippen MR) is 50.8 cm³/mol. The van der Waals surface area contributed by atoms with Gasteiger partial charge in [-0.25, -0.2) is 0 Å². The van der Waals surface area contributed by atoms with E-state index in [1.807, 2.05) is 32.9 Å². The highest BCUT2D eigenvalue weighted by atomic mass is 16.5. The molecule has 1 N–H and O–H groups in total. The highest BCUT2D eigenvalue weighted by molar-refractivity contribution is 5.25. The molecule has 0 aliphatic carbocycles. The van der Waals surface area contributed by atoms with Gasteiger partial charge in [0, 0.05) is 5.57 Å². The molecule has 0 saturated carbocycles. The van der Waals surface area contributed by atoms with E-state index < -0.39 is 6.10 Å². The van der Waals surface area contributed by atoms with Gasteiger partial charge >= 0.3 is 0 Å². The highest BCUT2D eigenvalue weighted by Gasteiger charge is 2.08. The first kappa shape index (κ1) is 11.2. The number of rotatable bonds is 4. The van der Waals surface area contributed by atoms with Crippen LogP contribution >= 0.6 is 0 Å². The zero-order valence-corrected chi connectivity index (χ0v) is 8.29. The molecule has 2 nitrogen and oxygen atoms in total. The summed E-state index contributed by atoms with van der Waals surface area (Å²) in [6, 6.07) is 0. The maximum atomic E-state index is 9.56. The van der Waals surface area contributed by atoms with Gasteiger partial charge in [0.25, 0.3) is 0 Å². The van der Waals surface area contributed by atoms with Crippen LogP contribution in [0.4, 0.5) is 0 Å². The molecule has 1 atom stereocenters. The van der Waals surface area contributed by atoms with Gasteiger partial charge in [-0.3, -0.25) is 0 Å². The Morgan fingerprint density at radius 1 is 1.58 bits per heavy atom. The van der Waals surface area contributed by atoms with Crippen LogP contribution in [-0.4, -0.2) is 18.3 Å². The SMILES string of the molecule is C/C=C\C(=C(/C)OC)C(O)CC. The maximum Gasteiger partial charge on any atom is 0.0982 e. The topological polar surface area (TPSA) is 29.5 Å². The molecule has 0 bridgehead atoms. The summed E-state index contributed by atoms with van der Waals surface area (Å²) in [5.74, 6) is 0.780. The molecule has 0 fully saturated rings. The molecule has 0 rings (SSSR count). The zero-order chi connectivity index (χ0) is 9.56. The molecule has 0 aromatic rings. The Bertz CT molecular complexity index is 180. The lowest BCUT2D eigenvalue weighted by Gasteiger charge is -2.12. The first-order valence-corrected chi connectivity index (χ1v) is 4.22. The number of ether oxygens (including phenoxy) is 1. The van der Waals surface area contributed by atoms with Crippen molar-refractivity contribution >= 4 is 0 Å². The summed E-state index contributed by atoms with van der Waals surface area (Å²) in [5.41, 5.74) is 0.863. The van der Waals surface area contributed by atoms with Gasteiger partial charge in [-0.15, -0.1) is 0 Å². The van der Waals surface area contributed by atoms with Crippen molar-refractivity contribution < 1.29 is 9.84 Å². The number of hydrogen-bond acceptors (Lipinski definition) is 2. The van der Waals surface area contributed by atoms with Crippen molar-refractivity contribution in [3.8, 4) is 0 Å². The van der Waals surface area contributed by atoms with Crippen molar-refractivity contribution in [1.29, 1.82) is 0 Å². The maximum absolute atomic E-state index is 9.56. The molecule has 0 radical (unpaired) electrons. The highest BCUT2D eigenvalue weighted by Crippen LogP contribution is 2.13. The van der Waals surface area contributed by atoms with Crippen molar-refractivity contribution in [2.24, 2.45) is 0 Å². The van der Waals surface area contributed by atoms with Crippen molar-refractivity contribution in [2.45, 2.75) is 33.3 Å². The fourth-order valence-electron chi connectivity index (χ4n) is 0.980. The normalized spacial score (nSPS) is 16.1. The molecular weight excluding hydrogens is 152 g/mol. The van der Waals surface area contributed by atoms with Crippen molar-refractivity contribution in [3.05, 3.63) is 23.5 Å². The first-order valence-electron chi connectivity index (χ1n) is 4.22. The summed E-state index contributed by atoms with van der Waals surface area (Å²) < 4.78 is 5.06. The number of allylic oxidation sites excluding steroid dienone is 2. The minimum atomic E-state index is -0.416. The van der Waals surface area contributed by atoms with Crippen LogP contribution in [-0.2, 0) is 4.74 Å². The smallest absolute Gasteiger partial charge is 0.0982 e. The first-order chi connectivity index (χ1) is 5.67. The van der Waals surface area contributed by atoms with E-state index in [1.54, 1.807) is 7.11 Å². The average molecular weight is 170 g/mol. The third-order valence-electron chi connectivity index (χ3n) is 1.80. The Balaban J connectivity index is 4.64. The monoisotopic (exact) mass is 170 g/mol. The third-order valence-corrected chi connectivity index (χ3v) is 1.80. The van der Waals surface area contributed by atoms with E-state index in [4.69, 9.17) is 4.74 Å². The molecule has 0 spiro atoms. The van der Waals surface area contributed by atoms with Gasteiger partial charge in [0.15, 0.2) is 0 Å². The molecule has 0 aliphatic rings. The Hall–Kier alpha value is -0.760. The van der Waals surface area contributed by atoms with Gasteiger partial charge < -0.3 is 9.84 Å². The molecule has 12 heavy (non-hydrogen) atoms. The average Bonchev–Trinajstić information content (AvgIpc) is 2.11. The number of methoxy groups -OCH3 is 1. The molecule has 0 aromatic carbocycles. The molecule has 0 aliphatic heterocycles. The molecule has 0 aromatic heterocycles. The summed E-state index contributed by atoms with van der Waals surface area (Å²) >= 11 is 0. The lowest BCUT2D eigenvalue weighted by atomic mass is 10.1. The molecule has 1 unspecified atom stereocenters. The van der Waals surface area contributed by atoms with Crippen LogP contribution in [0.25, 0.3) is 0 Å². The molecular formula is C10H18O2. The summed E-state index contributed by atoms with van der Waals surface area (Å²) in [5, 5.41) is 9.56. The quantitative estimate of drug-likeness (QED) is 0.518. The van der Waals surface area contributed by atoms with E-state index in [9.17, 15) is 5.11 Å². The van der Waals surface area contributed by atoms with Gasteiger partial charge in [-0.1, -0.05) is 19.1 Å². The van der Waals surface area contributed by atoms with E-state index in [-0.39, 0.29) is 0 Å². The van der Waals surface area contributed by atoms with E-state index in [0.717, 1.165) is 11.3 Å². The molecule has 70 valence electrons. The summed E-state index contributed by atoms with van der Waals surface area (Å²) in [6.07, 6.45) is 4.07. The van der Waals surface area contributed by atoms with Crippen molar-refractivity contribution in [2.75, 3.05) is 7.11 Å². The standard InChI is InChI=1S/C10H18O2/c1-5-7-9(8(3)12-4)10(11)6-2/h5,7,10-11H,6H2,1-4H3/b7-5-,9-8-. The second-order valence-corrected chi connectivity index (χ2v) is 2.64. The van der Waals surface area contributed by atoms with E-state index >= 15 is 0 Å². The Labute approximate surface area is 74.6 Å². The second kappa shape index (κ2) is 5.84. The Kier molecular flexibility index (Phi) is 5.47. The van der Waals surface area contributed by atoms with E-state index in [0.29, 0.717) is 6.42 Å². The van der Waals surface area contributed by atoms with E-state index in [1.165, 1.54) is 0 Å². The summed E-state index contributed by atoms with van der Waals surface area (Å²) in [7, 11) is 1.61. The van der Waals surface area contributed by atoms with E-state index in [2.05, 4.69) is 0 Å². The fourth-order valence-corrected chi connectivity index (χ4v) is 0.980. The van der Waals surface area contributed by atoms with Crippen molar-refractivity contribution in [3.63, 3.8) is 0 Å². The van der Waals surface area contributed by atoms with Gasteiger partial charge in [0.05, 0.1) is 19.0 Å². The van der Waals surface area contributed by atoms with Gasteiger partial charge in [-0.05, 0) is 20.3 Å².